The monoisotopic (exact) mass is 292 g/mol. The van der Waals surface area contributed by atoms with Crippen molar-refractivity contribution in [1.29, 1.82) is 0 Å². The lowest BCUT2D eigenvalue weighted by molar-refractivity contribution is 0.511. The maximum atomic E-state index is 12.4. The van der Waals surface area contributed by atoms with E-state index in [0.29, 0.717) is 23.0 Å². The Morgan fingerprint density at radius 3 is 2.90 bits per heavy atom. The molecule has 0 aliphatic heterocycles. The van der Waals surface area contributed by atoms with Crippen LogP contribution in [0.2, 0.25) is 0 Å². The molecule has 6 heteroatoms. The van der Waals surface area contributed by atoms with Crippen LogP contribution >= 0.6 is 11.3 Å². The first kappa shape index (κ1) is 14.7. The van der Waals surface area contributed by atoms with Crippen LogP contribution in [0.4, 0.5) is 5.13 Å². The van der Waals surface area contributed by atoms with Gasteiger partial charge in [-0.05, 0) is 24.5 Å². The van der Waals surface area contributed by atoms with E-state index in [0.717, 1.165) is 18.1 Å². The highest BCUT2D eigenvalue weighted by Crippen LogP contribution is 2.23. The van der Waals surface area contributed by atoms with Crippen molar-refractivity contribution >= 4 is 16.5 Å². The van der Waals surface area contributed by atoms with E-state index >= 15 is 0 Å². The highest BCUT2D eigenvalue weighted by Gasteiger charge is 2.12. The van der Waals surface area contributed by atoms with Crippen LogP contribution < -0.4 is 10.9 Å². The highest BCUT2D eigenvalue weighted by molar-refractivity contribution is 7.18. The molecule has 0 atom stereocenters. The van der Waals surface area contributed by atoms with E-state index in [1.165, 1.54) is 11.3 Å². The maximum absolute atomic E-state index is 12.4. The zero-order chi connectivity index (χ0) is 14.5. The number of aromatic nitrogens is 3. The Bertz CT molecular complexity index is 618. The molecule has 2 rings (SSSR count). The molecule has 0 fully saturated rings. The normalized spacial score (nSPS) is 11.0. The molecule has 0 unspecified atom stereocenters. The summed E-state index contributed by atoms with van der Waals surface area (Å²) in [5.74, 6) is 0.430. The third-order valence-electron chi connectivity index (χ3n) is 2.76. The Balaban J connectivity index is 2.28. The van der Waals surface area contributed by atoms with Gasteiger partial charge in [-0.15, -0.1) is 10.2 Å². The molecule has 0 saturated carbocycles. The third-order valence-corrected chi connectivity index (χ3v) is 3.68. The van der Waals surface area contributed by atoms with Gasteiger partial charge in [0.15, 0.2) is 5.01 Å². The Hall–Kier alpha value is -1.69. The lowest BCUT2D eigenvalue weighted by Crippen LogP contribution is -2.22. The van der Waals surface area contributed by atoms with E-state index in [9.17, 15) is 4.79 Å². The second-order valence-corrected chi connectivity index (χ2v) is 6.09. The maximum Gasteiger partial charge on any atom is 0.260 e. The number of hydrogen-bond donors (Lipinski definition) is 1. The van der Waals surface area contributed by atoms with Crippen molar-refractivity contribution in [2.75, 3.05) is 11.9 Å². The number of pyridine rings is 1. The molecule has 0 saturated heterocycles. The number of hydrogen-bond acceptors (Lipinski definition) is 5. The number of anilines is 1. The molecule has 0 aromatic carbocycles. The third kappa shape index (κ3) is 3.45. The smallest absolute Gasteiger partial charge is 0.260 e. The van der Waals surface area contributed by atoms with Gasteiger partial charge < -0.3 is 9.88 Å². The van der Waals surface area contributed by atoms with Crippen LogP contribution in [-0.4, -0.2) is 21.3 Å². The quantitative estimate of drug-likeness (QED) is 0.889. The largest absolute Gasteiger partial charge is 0.360 e. The van der Waals surface area contributed by atoms with Crippen molar-refractivity contribution in [3.8, 4) is 10.6 Å². The lowest BCUT2D eigenvalue weighted by Gasteiger charge is -2.08. The number of nitrogens with zero attached hydrogens (tertiary/aromatic N) is 3. The van der Waals surface area contributed by atoms with Crippen molar-refractivity contribution in [2.24, 2.45) is 5.92 Å². The zero-order valence-electron chi connectivity index (χ0n) is 12.1. The fraction of sp³-hybridized carbons (Fsp3) is 0.500. The molecule has 2 aromatic heterocycles. The molecular weight excluding hydrogens is 272 g/mol. The van der Waals surface area contributed by atoms with Gasteiger partial charge in [0.25, 0.3) is 5.56 Å². The predicted octanol–water partition coefficient (Wildman–Crippen LogP) is 2.84. The first-order valence-electron chi connectivity index (χ1n) is 6.89. The zero-order valence-corrected chi connectivity index (χ0v) is 12.9. The van der Waals surface area contributed by atoms with Gasteiger partial charge in [0.05, 0.1) is 5.56 Å². The molecule has 2 heterocycles. The topological polar surface area (TPSA) is 59.8 Å². The SMILES string of the molecule is CCCNc1nnc(-c2cccn(CC(C)C)c2=O)s1. The minimum Gasteiger partial charge on any atom is -0.360 e. The van der Waals surface area contributed by atoms with Crippen molar-refractivity contribution < 1.29 is 0 Å². The Labute approximate surface area is 122 Å². The second-order valence-electron chi connectivity index (χ2n) is 5.11. The molecule has 20 heavy (non-hydrogen) atoms. The van der Waals surface area contributed by atoms with Gasteiger partial charge >= 0.3 is 0 Å². The molecule has 0 bridgehead atoms. The van der Waals surface area contributed by atoms with Gasteiger partial charge in [0, 0.05) is 19.3 Å². The molecule has 1 N–H and O–H groups in total. The summed E-state index contributed by atoms with van der Waals surface area (Å²) < 4.78 is 1.74. The number of rotatable bonds is 6. The number of nitrogens with one attached hydrogen (secondary N) is 1. The van der Waals surface area contributed by atoms with E-state index in [1.807, 2.05) is 18.3 Å². The summed E-state index contributed by atoms with van der Waals surface area (Å²) in [5, 5.41) is 12.8. The van der Waals surface area contributed by atoms with Crippen molar-refractivity contribution in [1.82, 2.24) is 14.8 Å². The van der Waals surface area contributed by atoms with Gasteiger partial charge in [-0.3, -0.25) is 4.79 Å². The van der Waals surface area contributed by atoms with Gasteiger partial charge in [0.2, 0.25) is 5.13 Å². The van der Waals surface area contributed by atoms with E-state index in [2.05, 4.69) is 36.3 Å². The summed E-state index contributed by atoms with van der Waals surface area (Å²) in [6.07, 6.45) is 2.85. The molecule has 2 aromatic rings. The average Bonchev–Trinajstić information content (AvgIpc) is 2.87. The summed E-state index contributed by atoms with van der Waals surface area (Å²) in [6, 6.07) is 3.70. The average molecular weight is 292 g/mol. The fourth-order valence-corrected chi connectivity index (χ4v) is 2.66. The van der Waals surface area contributed by atoms with Crippen molar-refractivity contribution in [3.05, 3.63) is 28.7 Å². The van der Waals surface area contributed by atoms with Crippen LogP contribution in [0, 0.1) is 5.92 Å². The van der Waals surface area contributed by atoms with Gasteiger partial charge in [0.1, 0.15) is 0 Å². The van der Waals surface area contributed by atoms with E-state index in [1.54, 1.807) is 4.57 Å². The molecule has 0 amide bonds. The van der Waals surface area contributed by atoms with Crippen LogP contribution in [0.15, 0.2) is 23.1 Å². The van der Waals surface area contributed by atoms with Crippen molar-refractivity contribution in [2.45, 2.75) is 33.7 Å². The molecule has 108 valence electrons. The van der Waals surface area contributed by atoms with Gasteiger partial charge in [-0.1, -0.05) is 32.1 Å². The minimum absolute atomic E-state index is 0.000563. The lowest BCUT2D eigenvalue weighted by atomic mass is 10.2. The van der Waals surface area contributed by atoms with Gasteiger partial charge in [-0.25, -0.2) is 0 Å². The van der Waals surface area contributed by atoms with E-state index in [-0.39, 0.29) is 5.56 Å². The van der Waals surface area contributed by atoms with Crippen LogP contribution in [0.1, 0.15) is 27.2 Å². The minimum atomic E-state index is -0.000563. The molecule has 5 nitrogen and oxygen atoms in total. The van der Waals surface area contributed by atoms with Gasteiger partial charge in [-0.2, -0.15) is 0 Å². The summed E-state index contributed by atoms with van der Waals surface area (Å²) in [4.78, 5) is 12.4. The Morgan fingerprint density at radius 2 is 2.20 bits per heavy atom. The summed E-state index contributed by atoms with van der Waals surface area (Å²) in [5.41, 5.74) is 0.620. The first-order chi connectivity index (χ1) is 9.61. The molecule has 0 aliphatic rings. The summed E-state index contributed by atoms with van der Waals surface area (Å²) >= 11 is 1.42. The first-order valence-corrected chi connectivity index (χ1v) is 7.70. The molecule has 0 aliphatic carbocycles. The van der Waals surface area contributed by atoms with Crippen LogP contribution in [0.25, 0.3) is 10.6 Å². The molecular formula is C14H20N4OS. The molecule has 0 radical (unpaired) electrons. The van der Waals surface area contributed by atoms with Crippen LogP contribution in [0.3, 0.4) is 0 Å². The fourth-order valence-electron chi connectivity index (χ4n) is 1.87. The van der Waals surface area contributed by atoms with E-state index in [4.69, 9.17) is 0 Å². The molecule has 0 spiro atoms. The second kappa shape index (κ2) is 6.65. The Morgan fingerprint density at radius 1 is 1.40 bits per heavy atom. The van der Waals surface area contributed by atoms with Crippen molar-refractivity contribution in [3.63, 3.8) is 0 Å². The van der Waals surface area contributed by atoms with E-state index < -0.39 is 0 Å². The Kier molecular flexibility index (Phi) is 4.89. The standard InChI is InChI=1S/C14H20N4OS/c1-4-7-15-14-17-16-12(20-14)11-6-5-8-18(13(11)19)9-10(2)3/h5-6,8,10H,4,7,9H2,1-3H3,(H,15,17). The predicted molar refractivity (Wildman–Crippen MR) is 83.2 cm³/mol. The van der Waals surface area contributed by atoms with Crippen LogP contribution in [-0.2, 0) is 6.54 Å². The summed E-state index contributed by atoms with van der Waals surface area (Å²) in [6.45, 7) is 7.86. The highest BCUT2D eigenvalue weighted by atomic mass is 32.1. The summed E-state index contributed by atoms with van der Waals surface area (Å²) in [7, 11) is 0. The van der Waals surface area contributed by atoms with Crippen LogP contribution in [0.5, 0.6) is 0 Å².